The highest BCUT2D eigenvalue weighted by Crippen LogP contribution is 2.28. The first-order chi connectivity index (χ1) is 9.83. The normalized spacial score (nSPS) is 23.7. The van der Waals surface area contributed by atoms with Crippen molar-refractivity contribution in [2.24, 2.45) is 0 Å². The van der Waals surface area contributed by atoms with Gasteiger partial charge in [0.2, 0.25) is 0 Å². The van der Waals surface area contributed by atoms with E-state index < -0.39 is 0 Å². The summed E-state index contributed by atoms with van der Waals surface area (Å²) in [5.41, 5.74) is 0. The summed E-state index contributed by atoms with van der Waals surface area (Å²) in [6.45, 7) is 9.05. The Balaban J connectivity index is 1.73. The van der Waals surface area contributed by atoms with Crippen molar-refractivity contribution in [3.63, 3.8) is 0 Å². The molecule has 20 heavy (non-hydrogen) atoms. The highest BCUT2D eigenvalue weighted by molar-refractivity contribution is 4.88. The van der Waals surface area contributed by atoms with E-state index >= 15 is 0 Å². The fraction of sp³-hybridized carbons (Fsp3) is 1.00. The van der Waals surface area contributed by atoms with Crippen LogP contribution in [0.15, 0.2) is 0 Å². The van der Waals surface area contributed by atoms with Crippen LogP contribution in [0.2, 0.25) is 0 Å². The third kappa shape index (κ3) is 5.68. The molecule has 0 bridgehead atoms. The van der Waals surface area contributed by atoms with Crippen LogP contribution >= 0.6 is 0 Å². The second-order valence-corrected chi connectivity index (χ2v) is 6.00. The molecule has 1 saturated carbocycles. The molecule has 0 aromatic heterocycles. The zero-order valence-corrected chi connectivity index (χ0v) is 13.3. The van der Waals surface area contributed by atoms with Crippen molar-refractivity contribution in [3.05, 3.63) is 0 Å². The van der Waals surface area contributed by atoms with Gasteiger partial charge in [0.1, 0.15) is 0 Å². The van der Waals surface area contributed by atoms with Crippen molar-refractivity contribution in [3.8, 4) is 0 Å². The van der Waals surface area contributed by atoms with E-state index in [0.29, 0.717) is 6.04 Å². The quantitative estimate of drug-likeness (QED) is 0.625. The van der Waals surface area contributed by atoms with Crippen molar-refractivity contribution in [1.29, 1.82) is 0 Å². The summed E-state index contributed by atoms with van der Waals surface area (Å²) in [7, 11) is 0. The van der Waals surface area contributed by atoms with Crippen LogP contribution in [0.4, 0.5) is 0 Å². The van der Waals surface area contributed by atoms with Crippen LogP contribution in [0.5, 0.6) is 0 Å². The van der Waals surface area contributed by atoms with Gasteiger partial charge in [-0.1, -0.05) is 6.42 Å². The van der Waals surface area contributed by atoms with E-state index in [4.69, 9.17) is 9.47 Å². The minimum atomic E-state index is -0.0226. The molecule has 0 aromatic carbocycles. The first-order valence-electron chi connectivity index (χ1n) is 8.54. The van der Waals surface area contributed by atoms with Crippen LogP contribution in [0.3, 0.4) is 0 Å². The molecule has 1 unspecified atom stereocenters. The standard InChI is InChI=1S/C16H32N2O2/c1-3-19-16(20-4-2)10-12-18(15-8-9-15)13-14-7-5-6-11-17-14/h14-17H,3-13H2,1-2H3. The first-order valence-corrected chi connectivity index (χ1v) is 8.54. The number of nitrogens with zero attached hydrogens (tertiary/aromatic N) is 1. The Morgan fingerprint density at radius 2 is 1.85 bits per heavy atom. The van der Waals surface area contributed by atoms with E-state index in [9.17, 15) is 0 Å². The van der Waals surface area contributed by atoms with Gasteiger partial charge >= 0.3 is 0 Å². The molecular formula is C16H32N2O2. The Kier molecular flexibility index (Phi) is 7.28. The van der Waals surface area contributed by atoms with Crippen molar-refractivity contribution in [2.75, 3.05) is 32.8 Å². The molecule has 4 nitrogen and oxygen atoms in total. The van der Waals surface area contributed by atoms with Gasteiger partial charge in [0.05, 0.1) is 0 Å². The maximum absolute atomic E-state index is 5.66. The van der Waals surface area contributed by atoms with Gasteiger partial charge in [0, 0.05) is 44.8 Å². The van der Waals surface area contributed by atoms with E-state index in [1.54, 1.807) is 0 Å². The molecule has 2 aliphatic rings. The number of hydrogen-bond acceptors (Lipinski definition) is 4. The van der Waals surface area contributed by atoms with Crippen molar-refractivity contribution in [2.45, 2.75) is 70.7 Å². The van der Waals surface area contributed by atoms with Gasteiger partial charge in [-0.3, -0.25) is 4.90 Å². The first kappa shape index (κ1) is 16.2. The Hall–Kier alpha value is -0.160. The van der Waals surface area contributed by atoms with Gasteiger partial charge in [0.25, 0.3) is 0 Å². The maximum atomic E-state index is 5.66. The summed E-state index contributed by atoms with van der Waals surface area (Å²) in [5.74, 6) is 0. The van der Waals surface area contributed by atoms with Gasteiger partial charge in [0.15, 0.2) is 6.29 Å². The maximum Gasteiger partial charge on any atom is 0.158 e. The lowest BCUT2D eigenvalue weighted by Crippen LogP contribution is -2.45. The molecule has 1 N–H and O–H groups in total. The van der Waals surface area contributed by atoms with E-state index in [-0.39, 0.29) is 6.29 Å². The zero-order chi connectivity index (χ0) is 14.2. The number of nitrogens with one attached hydrogen (secondary N) is 1. The van der Waals surface area contributed by atoms with Crippen LogP contribution in [0, 0.1) is 0 Å². The van der Waals surface area contributed by atoms with Crippen molar-refractivity contribution >= 4 is 0 Å². The molecule has 0 amide bonds. The van der Waals surface area contributed by atoms with Gasteiger partial charge in [-0.25, -0.2) is 0 Å². The molecule has 2 fully saturated rings. The lowest BCUT2D eigenvalue weighted by atomic mass is 10.0. The highest BCUT2D eigenvalue weighted by Gasteiger charge is 2.31. The fourth-order valence-electron chi connectivity index (χ4n) is 3.08. The molecule has 1 aliphatic carbocycles. The summed E-state index contributed by atoms with van der Waals surface area (Å²) >= 11 is 0. The third-order valence-electron chi connectivity index (χ3n) is 4.29. The molecule has 0 radical (unpaired) electrons. The minimum absolute atomic E-state index is 0.0226. The largest absolute Gasteiger partial charge is 0.353 e. The molecule has 0 aromatic rings. The zero-order valence-electron chi connectivity index (χ0n) is 13.3. The van der Waals surface area contributed by atoms with Gasteiger partial charge in [-0.2, -0.15) is 0 Å². The van der Waals surface area contributed by atoms with Gasteiger partial charge in [-0.15, -0.1) is 0 Å². The SMILES string of the molecule is CCOC(CCN(CC1CCCCN1)C1CC1)OCC. The summed E-state index contributed by atoms with van der Waals surface area (Å²) < 4.78 is 11.3. The summed E-state index contributed by atoms with van der Waals surface area (Å²) in [5, 5.41) is 3.67. The summed E-state index contributed by atoms with van der Waals surface area (Å²) in [6.07, 6.45) is 7.79. The molecule has 1 aliphatic heterocycles. The molecule has 4 heteroatoms. The average molecular weight is 284 g/mol. The molecule has 118 valence electrons. The van der Waals surface area contributed by atoms with Crippen LogP contribution < -0.4 is 5.32 Å². The predicted octanol–water partition coefficient (Wildman–Crippen LogP) is 2.38. The Bertz CT molecular complexity index is 247. The third-order valence-corrected chi connectivity index (χ3v) is 4.29. The van der Waals surface area contributed by atoms with Gasteiger partial charge < -0.3 is 14.8 Å². The number of piperidine rings is 1. The van der Waals surface area contributed by atoms with Crippen molar-refractivity contribution < 1.29 is 9.47 Å². The molecular weight excluding hydrogens is 252 g/mol. The minimum Gasteiger partial charge on any atom is -0.353 e. The Morgan fingerprint density at radius 3 is 2.40 bits per heavy atom. The molecule has 1 atom stereocenters. The second-order valence-electron chi connectivity index (χ2n) is 6.00. The van der Waals surface area contributed by atoms with E-state index in [1.165, 1.54) is 45.2 Å². The second kappa shape index (κ2) is 8.98. The monoisotopic (exact) mass is 284 g/mol. The van der Waals surface area contributed by atoms with E-state index in [2.05, 4.69) is 10.2 Å². The Morgan fingerprint density at radius 1 is 1.10 bits per heavy atom. The van der Waals surface area contributed by atoms with Crippen molar-refractivity contribution in [1.82, 2.24) is 10.2 Å². The topological polar surface area (TPSA) is 33.7 Å². The Labute approximate surface area is 124 Å². The number of hydrogen-bond donors (Lipinski definition) is 1. The fourth-order valence-corrected chi connectivity index (χ4v) is 3.08. The van der Waals surface area contributed by atoms with E-state index in [1.807, 2.05) is 13.8 Å². The lowest BCUT2D eigenvalue weighted by molar-refractivity contribution is -0.142. The number of ether oxygens (including phenoxy) is 2. The molecule has 1 saturated heterocycles. The van der Waals surface area contributed by atoms with Gasteiger partial charge in [-0.05, 0) is 46.1 Å². The summed E-state index contributed by atoms with van der Waals surface area (Å²) in [4.78, 5) is 2.66. The highest BCUT2D eigenvalue weighted by atomic mass is 16.7. The molecule has 0 spiro atoms. The van der Waals surface area contributed by atoms with Crippen LogP contribution in [0.25, 0.3) is 0 Å². The summed E-state index contributed by atoms with van der Waals surface area (Å²) in [6, 6.07) is 1.52. The van der Waals surface area contributed by atoms with Crippen LogP contribution in [0.1, 0.15) is 52.4 Å². The van der Waals surface area contributed by atoms with Crippen LogP contribution in [-0.2, 0) is 9.47 Å². The number of rotatable bonds is 10. The van der Waals surface area contributed by atoms with Crippen LogP contribution in [-0.4, -0.2) is 56.1 Å². The molecule has 1 heterocycles. The molecule has 2 rings (SSSR count). The predicted molar refractivity (Wildman–Crippen MR) is 81.9 cm³/mol. The lowest BCUT2D eigenvalue weighted by Gasteiger charge is -2.31. The van der Waals surface area contributed by atoms with E-state index in [0.717, 1.165) is 32.2 Å². The smallest absolute Gasteiger partial charge is 0.158 e. The average Bonchev–Trinajstić information content (AvgIpc) is 3.29.